The second kappa shape index (κ2) is 7.38. The van der Waals surface area contributed by atoms with Crippen molar-refractivity contribution < 1.29 is 27.5 Å². The van der Waals surface area contributed by atoms with E-state index < -0.39 is 17.9 Å². The second-order valence-electron chi connectivity index (χ2n) is 6.39. The summed E-state index contributed by atoms with van der Waals surface area (Å²) in [5, 5.41) is 8.45. The van der Waals surface area contributed by atoms with Crippen molar-refractivity contribution >= 4 is 16.9 Å². The van der Waals surface area contributed by atoms with Gasteiger partial charge in [0.1, 0.15) is 5.75 Å². The number of esters is 1. The fourth-order valence-corrected chi connectivity index (χ4v) is 2.92. The van der Waals surface area contributed by atoms with E-state index in [4.69, 9.17) is 18.3 Å². The van der Waals surface area contributed by atoms with Crippen molar-refractivity contribution in [2.24, 2.45) is 0 Å². The Balaban J connectivity index is 1.53. The Bertz CT molecular complexity index is 1180. The van der Waals surface area contributed by atoms with E-state index in [-0.39, 0.29) is 23.1 Å². The molecular formula is C21H17FN2O5. The Morgan fingerprint density at radius 2 is 1.86 bits per heavy atom. The normalized spacial score (nSPS) is 12.1. The number of aryl methyl sites for hydroxylation is 1. The number of para-hydroxylation sites is 1. The molecule has 7 nitrogen and oxygen atoms in total. The van der Waals surface area contributed by atoms with E-state index in [9.17, 15) is 9.18 Å². The highest BCUT2D eigenvalue weighted by molar-refractivity contribution is 5.96. The quantitative estimate of drug-likeness (QED) is 0.445. The van der Waals surface area contributed by atoms with Gasteiger partial charge in [0.2, 0.25) is 11.7 Å². The van der Waals surface area contributed by atoms with Crippen LogP contribution in [0.4, 0.5) is 4.39 Å². The number of rotatable bonds is 5. The number of nitrogens with zero attached hydrogens (tertiary/aromatic N) is 2. The molecule has 1 atom stereocenters. The molecule has 0 aliphatic carbocycles. The zero-order chi connectivity index (χ0) is 20.5. The topological polar surface area (TPSA) is 87.6 Å². The molecule has 2 aromatic heterocycles. The van der Waals surface area contributed by atoms with E-state index in [1.54, 1.807) is 57.4 Å². The Hall–Kier alpha value is -3.68. The molecule has 2 heterocycles. The SMILES string of the molecule is COc1ccc(-c2nnc([C@@H](C)OC(=O)c3oc4c(F)cccc4c3C)o2)cc1. The van der Waals surface area contributed by atoms with Gasteiger partial charge in [-0.2, -0.15) is 0 Å². The Morgan fingerprint density at radius 1 is 1.10 bits per heavy atom. The summed E-state index contributed by atoms with van der Waals surface area (Å²) in [6.07, 6.45) is -0.820. The van der Waals surface area contributed by atoms with Crippen molar-refractivity contribution in [3.63, 3.8) is 0 Å². The van der Waals surface area contributed by atoms with Gasteiger partial charge >= 0.3 is 5.97 Å². The van der Waals surface area contributed by atoms with E-state index in [0.29, 0.717) is 22.3 Å². The lowest BCUT2D eigenvalue weighted by Gasteiger charge is -2.08. The minimum Gasteiger partial charge on any atom is -0.497 e. The summed E-state index contributed by atoms with van der Waals surface area (Å²) < 4.78 is 35.4. The summed E-state index contributed by atoms with van der Waals surface area (Å²) in [5.41, 5.74) is 1.22. The molecule has 0 aliphatic heterocycles. The minimum atomic E-state index is -0.820. The standard InChI is InChI=1S/C21H17FN2O5/c1-11-15-5-4-6-16(22)18(15)28-17(11)21(25)27-12(2)19-23-24-20(29-19)13-7-9-14(26-3)10-8-13/h4-10,12H,1-3H3/t12-/m1/s1. The third-order valence-corrected chi connectivity index (χ3v) is 4.51. The van der Waals surface area contributed by atoms with Crippen LogP contribution in [0.3, 0.4) is 0 Å². The number of benzene rings is 2. The van der Waals surface area contributed by atoms with E-state index in [1.807, 2.05) is 0 Å². The van der Waals surface area contributed by atoms with Crippen LogP contribution < -0.4 is 4.74 Å². The number of ether oxygens (including phenoxy) is 2. The molecule has 0 N–H and O–H groups in total. The Morgan fingerprint density at radius 3 is 2.55 bits per heavy atom. The number of hydrogen-bond acceptors (Lipinski definition) is 7. The number of hydrogen-bond donors (Lipinski definition) is 0. The molecule has 2 aromatic carbocycles. The second-order valence-corrected chi connectivity index (χ2v) is 6.39. The van der Waals surface area contributed by atoms with Gasteiger partial charge in [-0.1, -0.05) is 12.1 Å². The molecule has 4 aromatic rings. The molecule has 0 saturated carbocycles. The third kappa shape index (κ3) is 3.44. The van der Waals surface area contributed by atoms with Crippen molar-refractivity contribution in [1.29, 1.82) is 0 Å². The number of aromatic nitrogens is 2. The predicted octanol–water partition coefficient (Wildman–Crippen LogP) is 4.86. The van der Waals surface area contributed by atoms with Gasteiger partial charge in [-0.3, -0.25) is 0 Å². The molecule has 0 spiro atoms. The molecule has 8 heteroatoms. The van der Waals surface area contributed by atoms with Crippen LogP contribution in [-0.4, -0.2) is 23.3 Å². The molecule has 0 saturated heterocycles. The first-order valence-electron chi connectivity index (χ1n) is 8.84. The summed E-state index contributed by atoms with van der Waals surface area (Å²) in [5.74, 6) is -0.231. The maximum absolute atomic E-state index is 13.9. The lowest BCUT2D eigenvalue weighted by atomic mass is 10.1. The smallest absolute Gasteiger partial charge is 0.375 e. The van der Waals surface area contributed by atoms with Crippen LogP contribution >= 0.6 is 0 Å². The summed E-state index contributed by atoms with van der Waals surface area (Å²) in [6, 6.07) is 11.6. The molecule has 0 radical (unpaired) electrons. The number of carbonyl (C=O) groups excluding carboxylic acids is 1. The maximum atomic E-state index is 13.9. The summed E-state index contributed by atoms with van der Waals surface area (Å²) in [4.78, 5) is 12.5. The van der Waals surface area contributed by atoms with Gasteiger partial charge < -0.3 is 18.3 Å². The lowest BCUT2D eigenvalue weighted by molar-refractivity contribution is 0.0245. The first kappa shape index (κ1) is 18.7. The largest absolute Gasteiger partial charge is 0.497 e. The van der Waals surface area contributed by atoms with Gasteiger partial charge in [-0.25, -0.2) is 9.18 Å². The highest BCUT2D eigenvalue weighted by Crippen LogP contribution is 2.29. The number of fused-ring (bicyclic) bond motifs is 1. The first-order chi connectivity index (χ1) is 14.0. The number of halogens is 1. The van der Waals surface area contributed by atoms with Gasteiger partial charge in [-0.05, 0) is 44.2 Å². The van der Waals surface area contributed by atoms with Crippen molar-refractivity contribution in [2.45, 2.75) is 20.0 Å². The highest BCUT2D eigenvalue weighted by Gasteiger charge is 2.25. The fraction of sp³-hybridized carbons (Fsp3) is 0.190. The van der Waals surface area contributed by atoms with Gasteiger partial charge in [-0.15, -0.1) is 10.2 Å². The average molecular weight is 396 g/mol. The highest BCUT2D eigenvalue weighted by atomic mass is 19.1. The average Bonchev–Trinajstić information content (AvgIpc) is 3.35. The molecule has 0 aliphatic rings. The van der Waals surface area contributed by atoms with Crippen LogP contribution in [-0.2, 0) is 4.74 Å². The van der Waals surface area contributed by atoms with Gasteiger partial charge in [0.15, 0.2) is 17.5 Å². The third-order valence-electron chi connectivity index (χ3n) is 4.51. The van der Waals surface area contributed by atoms with E-state index in [2.05, 4.69) is 10.2 Å². The van der Waals surface area contributed by atoms with Crippen LogP contribution in [0, 0.1) is 12.7 Å². The van der Waals surface area contributed by atoms with Crippen LogP contribution in [0.5, 0.6) is 5.75 Å². The minimum absolute atomic E-state index is 0.0178. The Labute approximate surface area is 165 Å². The van der Waals surface area contributed by atoms with Crippen molar-refractivity contribution in [1.82, 2.24) is 10.2 Å². The van der Waals surface area contributed by atoms with Crippen LogP contribution in [0.15, 0.2) is 51.3 Å². The summed E-state index contributed by atoms with van der Waals surface area (Å²) >= 11 is 0. The van der Waals surface area contributed by atoms with Crippen LogP contribution in [0.1, 0.15) is 35.0 Å². The van der Waals surface area contributed by atoms with Gasteiger partial charge in [0.25, 0.3) is 5.89 Å². The molecule has 0 bridgehead atoms. The van der Waals surface area contributed by atoms with Crippen molar-refractivity contribution in [2.75, 3.05) is 7.11 Å². The van der Waals surface area contributed by atoms with E-state index in [1.165, 1.54) is 6.07 Å². The molecular weight excluding hydrogens is 379 g/mol. The predicted molar refractivity (Wildman–Crippen MR) is 101 cm³/mol. The lowest BCUT2D eigenvalue weighted by Crippen LogP contribution is -2.09. The fourth-order valence-electron chi connectivity index (χ4n) is 2.92. The molecule has 29 heavy (non-hydrogen) atoms. The van der Waals surface area contributed by atoms with Crippen molar-refractivity contribution in [3.8, 4) is 17.2 Å². The summed E-state index contributed by atoms with van der Waals surface area (Å²) in [7, 11) is 1.58. The van der Waals surface area contributed by atoms with Crippen LogP contribution in [0.25, 0.3) is 22.4 Å². The molecule has 0 unspecified atom stereocenters. The molecule has 148 valence electrons. The monoisotopic (exact) mass is 396 g/mol. The van der Waals surface area contributed by atoms with E-state index >= 15 is 0 Å². The first-order valence-corrected chi connectivity index (χ1v) is 8.84. The molecule has 0 amide bonds. The van der Waals surface area contributed by atoms with Crippen molar-refractivity contribution in [3.05, 3.63) is 65.5 Å². The molecule has 0 fully saturated rings. The summed E-state index contributed by atoms with van der Waals surface area (Å²) in [6.45, 7) is 3.27. The number of furan rings is 1. The van der Waals surface area contributed by atoms with Gasteiger partial charge in [0.05, 0.1) is 7.11 Å². The number of carbonyl (C=O) groups is 1. The zero-order valence-electron chi connectivity index (χ0n) is 15.9. The zero-order valence-corrected chi connectivity index (χ0v) is 15.9. The number of methoxy groups -OCH3 is 1. The van der Waals surface area contributed by atoms with Crippen LogP contribution in [0.2, 0.25) is 0 Å². The van der Waals surface area contributed by atoms with Gasteiger partial charge in [0, 0.05) is 16.5 Å². The Kier molecular flexibility index (Phi) is 4.75. The molecule has 4 rings (SSSR count). The van der Waals surface area contributed by atoms with E-state index in [0.717, 1.165) is 0 Å². The maximum Gasteiger partial charge on any atom is 0.375 e.